The van der Waals surface area contributed by atoms with Crippen molar-refractivity contribution in [3.63, 3.8) is 0 Å². The topological polar surface area (TPSA) is 86.7 Å². The Balaban J connectivity index is 0. The Kier molecular flexibility index (Phi) is 24.2. The Morgan fingerprint density at radius 2 is 1.39 bits per heavy atom. The summed E-state index contributed by atoms with van der Waals surface area (Å²) in [5, 5.41) is 5.06. The average molecular weight is 528 g/mol. The number of anilines is 1. The van der Waals surface area contributed by atoms with Gasteiger partial charge in [0.25, 0.3) is 0 Å². The molecule has 0 aliphatic heterocycles. The minimum Gasteiger partial charge on any atom is -0.399 e. The Morgan fingerprint density at radius 3 is 1.84 bits per heavy atom. The van der Waals surface area contributed by atoms with Gasteiger partial charge in [0.2, 0.25) is 0 Å². The molecule has 0 saturated heterocycles. The third kappa shape index (κ3) is 16.2. The fourth-order valence-corrected chi connectivity index (χ4v) is 2.97. The van der Waals surface area contributed by atoms with Gasteiger partial charge in [-0.3, -0.25) is 4.79 Å². The molecule has 1 aromatic carbocycles. The number of benzene rings is 1. The molecule has 2 aromatic heterocycles. The van der Waals surface area contributed by atoms with Gasteiger partial charge in [-0.2, -0.15) is 5.10 Å². The number of aromatic nitrogens is 4. The first-order chi connectivity index (χ1) is 18.3. The van der Waals surface area contributed by atoms with Gasteiger partial charge in [-0.05, 0) is 26.0 Å². The van der Waals surface area contributed by atoms with Crippen LogP contribution < -0.4 is 5.73 Å². The van der Waals surface area contributed by atoms with Gasteiger partial charge in [-0.25, -0.2) is 14.6 Å². The number of fused-ring (bicyclic) bond motifs is 1. The lowest BCUT2D eigenvalue weighted by Gasteiger charge is -2.06. The summed E-state index contributed by atoms with van der Waals surface area (Å²) in [7, 11) is 0. The maximum absolute atomic E-state index is 11.3. The molecule has 3 aromatic rings. The molecule has 216 valence electrons. The number of aryl methyl sites for hydroxylation is 1. The molecular weight excluding hydrogens is 470 g/mol. The van der Waals surface area contributed by atoms with Crippen LogP contribution in [0, 0.1) is 6.92 Å². The third-order valence-corrected chi connectivity index (χ3v) is 5.35. The largest absolute Gasteiger partial charge is 0.399 e. The number of Topliss-reactive ketones (excluding diaryl/α,β-unsaturated/α-hetero) is 1. The van der Waals surface area contributed by atoms with E-state index in [0.717, 1.165) is 16.6 Å². The monoisotopic (exact) mass is 527 g/mol. The second kappa shape index (κ2) is 24.6. The number of unbranched alkanes of at least 4 members (excludes halogenated alkanes) is 6. The summed E-state index contributed by atoms with van der Waals surface area (Å²) >= 11 is 0. The van der Waals surface area contributed by atoms with Gasteiger partial charge in [-0.15, -0.1) is 0 Å². The normalized spacial score (nSPS) is 9.53. The van der Waals surface area contributed by atoms with Gasteiger partial charge in [-0.1, -0.05) is 125 Å². The van der Waals surface area contributed by atoms with E-state index in [-0.39, 0.29) is 12.3 Å². The minimum atomic E-state index is 0.0294. The molecule has 0 fully saturated rings. The highest BCUT2D eigenvalue weighted by Crippen LogP contribution is 2.27. The van der Waals surface area contributed by atoms with E-state index in [9.17, 15) is 4.79 Å². The second-order valence-corrected chi connectivity index (χ2v) is 9.05. The number of hydrogen-bond donors (Lipinski definition) is 1. The van der Waals surface area contributed by atoms with E-state index in [4.69, 9.17) is 5.73 Å². The summed E-state index contributed by atoms with van der Waals surface area (Å²) in [4.78, 5) is 20.2. The van der Waals surface area contributed by atoms with Gasteiger partial charge in [0.15, 0.2) is 11.4 Å². The van der Waals surface area contributed by atoms with Crippen LogP contribution in [0.4, 0.5) is 5.69 Å². The van der Waals surface area contributed by atoms with Crippen LogP contribution in [0.5, 0.6) is 0 Å². The Bertz CT molecular complexity index is 969. The van der Waals surface area contributed by atoms with Crippen molar-refractivity contribution in [1.29, 1.82) is 0 Å². The smallest absolute Gasteiger partial charge is 0.162 e. The van der Waals surface area contributed by atoms with Crippen LogP contribution in [-0.2, 0) is 11.3 Å². The lowest BCUT2D eigenvalue weighted by atomic mass is 10.1. The highest BCUT2D eigenvalue weighted by molar-refractivity contribution is 5.91. The van der Waals surface area contributed by atoms with E-state index >= 15 is 0 Å². The molecule has 0 unspecified atom stereocenters. The Morgan fingerprint density at radius 1 is 0.842 bits per heavy atom. The van der Waals surface area contributed by atoms with Crippen LogP contribution in [0.15, 0.2) is 30.5 Å². The van der Waals surface area contributed by atoms with E-state index in [2.05, 4.69) is 56.6 Å². The average Bonchev–Trinajstić information content (AvgIpc) is 3.32. The summed E-state index contributed by atoms with van der Waals surface area (Å²) < 4.78 is 1.60. The lowest BCUT2D eigenvalue weighted by molar-refractivity contribution is -0.117. The fourth-order valence-electron chi connectivity index (χ4n) is 2.97. The highest BCUT2D eigenvalue weighted by Gasteiger charge is 2.14. The highest BCUT2D eigenvalue weighted by atomic mass is 16.1. The maximum Gasteiger partial charge on any atom is 0.162 e. The Labute approximate surface area is 233 Å². The summed E-state index contributed by atoms with van der Waals surface area (Å²) in [6.45, 7) is 20.8. The second-order valence-electron chi connectivity index (χ2n) is 9.05. The standard InChI is InChI=1S/C15H15N5O.C7H16.2C4H10.C2H6/c1-9(21)8-20-15-13(7-17-20)14(18-10(2)19-15)11-4-3-5-12(16)6-11;1-3-5-7-6-4-2;2*1-3-4-2;1-2/h3-7H,8,16H2,1-2H3;3-7H2,1-2H3;2*3-4H2,1-2H3;1-2H3. The van der Waals surface area contributed by atoms with Crippen LogP contribution in [0.1, 0.15) is 126 Å². The number of rotatable bonds is 9. The van der Waals surface area contributed by atoms with Crippen LogP contribution in [0.25, 0.3) is 22.3 Å². The molecule has 0 amide bonds. The Hall–Kier alpha value is -2.76. The number of ketones is 1. The molecule has 0 spiro atoms. The number of nitrogens with two attached hydrogens (primary N) is 1. The van der Waals surface area contributed by atoms with Gasteiger partial charge in [0.1, 0.15) is 12.4 Å². The first kappa shape index (κ1) is 37.4. The number of carbonyl (C=O) groups excluding carboxylic acids is 1. The van der Waals surface area contributed by atoms with Crippen molar-refractivity contribution in [3.05, 3.63) is 36.3 Å². The number of nitrogens with zero attached hydrogens (tertiary/aromatic N) is 4. The summed E-state index contributed by atoms with van der Waals surface area (Å²) in [6, 6.07) is 7.52. The van der Waals surface area contributed by atoms with E-state index in [1.807, 2.05) is 45.0 Å². The molecule has 2 N–H and O–H groups in total. The zero-order valence-corrected chi connectivity index (χ0v) is 26.2. The molecule has 0 radical (unpaired) electrons. The fraction of sp³-hybridized carbons (Fsp3) is 0.625. The molecule has 0 aliphatic rings. The van der Waals surface area contributed by atoms with E-state index in [1.165, 1.54) is 64.7 Å². The number of hydrogen-bond acceptors (Lipinski definition) is 5. The van der Waals surface area contributed by atoms with E-state index in [0.29, 0.717) is 17.2 Å². The zero-order chi connectivity index (χ0) is 29.3. The summed E-state index contributed by atoms with van der Waals surface area (Å²) in [6.07, 6.45) is 14.0. The van der Waals surface area contributed by atoms with Crippen molar-refractivity contribution < 1.29 is 4.79 Å². The molecule has 0 bridgehead atoms. The molecule has 6 nitrogen and oxygen atoms in total. The van der Waals surface area contributed by atoms with Crippen molar-refractivity contribution in [1.82, 2.24) is 19.7 Å². The minimum absolute atomic E-state index is 0.0294. The first-order valence-corrected chi connectivity index (χ1v) is 14.8. The molecule has 0 saturated carbocycles. The predicted molar refractivity (Wildman–Crippen MR) is 168 cm³/mol. The predicted octanol–water partition coefficient (Wildman–Crippen LogP) is 9.59. The number of nitrogen functional groups attached to an aromatic ring is 1. The molecule has 2 heterocycles. The van der Waals surface area contributed by atoms with Crippen LogP contribution in [-0.4, -0.2) is 25.5 Å². The van der Waals surface area contributed by atoms with Gasteiger partial charge >= 0.3 is 0 Å². The van der Waals surface area contributed by atoms with E-state index < -0.39 is 0 Å². The van der Waals surface area contributed by atoms with Gasteiger partial charge < -0.3 is 5.73 Å². The molecule has 38 heavy (non-hydrogen) atoms. The van der Waals surface area contributed by atoms with E-state index in [1.54, 1.807) is 10.9 Å². The summed E-state index contributed by atoms with van der Waals surface area (Å²) in [5.74, 6) is 0.659. The molecular formula is C32H57N5O. The molecule has 6 heteroatoms. The molecule has 0 atom stereocenters. The van der Waals surface area contributed by atoms with Gasteiger partial charge in [0.05, 0.1) is 17.3 Å². The lowest BCUT2D eigenvalue weighted by Crippen LogP contribution is -2.08. The van der Waals surface area contributed by atoms with Gasteiger partial charge in [0, 0.05) is 11.3 Å². The van der Waals surface area contributed by atoms with Crippen LogP contribution >= 0.6 is 0 Å². The third-order valence-electron chi connectivity index (χ3n) is 5.35. The molecule has 0 aliphatic carbocycles. The van der Waals surface area contributed by atoms with Crippen molar-refractivity contribution in [2.45, 2.75) is 134 Å². The zero-order valence-electron chi connectivity index (χ0n) is 26.2. The first-order valence-electron chi connectivity index (χ1n) is 14.8. The van der Waals surface area contributed by atoms with Crippen LogP contribution in [0.3, 0.4) is 0 Å². The van der Waals surface area contributed by atoms with Crippen molar-refractivity contribution in [2.75, 3.05) is 5.73 Å². The van der Waals surface area contributed by atoms with Crippen molar-refractivity contribution in [3.8, 4) is 11.3 Å². The van der Waals surface area contributed by atoms with Crippen molar-refractivity contribution >= 4 is 22.5 Å². The maximum atomic E-state index is 11.3. The van der Waals surface area contributed by atoms with Crippen LogP contribution in [0.2, 0.25) is 0 Å². The quantitative estimate of drug-likeness (QED) is 0.221. The summed E-state index contributed by atoms with van der Waals surface area (Å²) in [5.41, 5.74) is 8.86. The SMILES string of the molecule is CC.CC(=O)Cn1ncc2c(-c3cccc(N)c3)nc(C)nc21.CCCC.CCCC.CCCCCCC. The molecule has 3 rings (SSSR count). The van der Waals surface area contributed by atoms with Crippen molar-refractivity contribution in [2.24, 2.45) is 0 Å². The number of carbonyl (C=O) groups is 1.